The van der Waals surface area contributed by atoms with Gasteiger partial charge in [0, 0.05) is 36.3 Å². The van der Waals surface area contributed by atoms with Gasteiger partial charge in [0.15, 0.2) is 0 Å². The number of rotatable bonds is 9. The highest BCUT2D eigenvalue weighted by molar-refractivity contribution is 7.89. The number of non-ortho nitro benzene ring substituents is 1. The second kappa shape index (κ2) is 10.2. The predicted octanol–water partition coefficient (Wildman–Crippen LogP) is 3.65. The maximum atomic E-state index is 12.7. The molecule has 0 unspecified atom stereocenters. The van der Waals surface area contributed by atoms with Crippen LogP contribution in [0.15, 0.2) is 75.1 Å². The number of carbonyl (C=O) groups excluding carboxylic acids is 1. The summed E-state index contributed by atoms with van der Waals surface area (Å²) in [5, 5.41) is 14.6. The number of hydrogen-bond donors (Lipinski definition) is 1. The Balaban J connectivity index is 1.68. The third-order valence-corrected chi connectivity index (χ3v) is 6.83. The van der Waals surface area contributed by atoms with E-state index in [0.717, 1.165) is 0 Å². The van der Waals surface area contributed by atoms with E-state index in [9.17, 15) is 23.3 Å². The van der Waals surface area contributed by atoms with Crippen molar-refractivity contribution >= 4 is 27.8 Å². The van der Waals surface area contributed by atoms with Gasteiger partial charge >= 0.3 is 0 Å². The van der Waals surface area contributed by atoms with E-state index in [1.807, 2.05) is 0 Å². The van der Waals surface area contributed by atoms with Crippen molar-refractivity contribution in [2.75, 3.05) is 13.1 Å². The van der Waals surface area contributed by atoms with Gasteiger partial charge in [-0.25, -0.2) is 13.8 Å². The normalized spacial score (nSPS) is 11.7. The highest BCUT2D eigenvalue weighted by Crippen LogP contribution is 2.24. The number of amides is 1. The molecule has 0 aliphatic heterocycles. The lowest BCUT2D eigenvalue weighted by molar-refractivity contribution is -0.384. The molecule has 0 atom stereocenters. The Morgan fingerprint density at radius 1 is 1.12 bits per heavy atom. The minimum atomic E-state index is -3.69. The zero-order valence-electron chi connectivity index (χ0n) is 18.0. The van der Waals surface area contributed by atoms with Crippen LogP contribution in [0.4, 0.5) is 5.69 Å². The molecule has 0 saturated heterocycles. The van der Waals surface area contributed by atoms with E-state index in [1.165, 1.54) is 46.9 Å². The van der Waals surface area contributed by atoms with E-state index in [0.29, 0.717) is 30.2 Å². The zero-order chi connectivity index (χ0) is 24.0. The van der Waals surface area contributed by atoms with E-state index in [-0.39, 0.29) is 16.1 Å². The van der Waals surface area contributed by atoms with E-state index >= 15 is 0 Å². The molecule has 0 spiro atoms. The van der Waals surface area contributed by atoms with Gasteiger partial charge in [-0.3, -0.25) is 14.9 Å². The van der Waals surface area contributed by atoms with Gasteiger partial charge in [0.1, 0.15) is 11.5 Å². The van der Waals surface area contributed by atoms with Gasteiger partial charge < -0.3 is 4.42 Å². The highest BCUT2D eigenvalue weighted by atomic mass is 32.2. The van der Waals surface area contributed by atoms with Crippen LogP contribution in [-0.2, 0) is 10.0 Å². The molecule has 11 heteroatoms. The molecule has 0 aliphatic carbocycles. The lowest BCUT2D eigenvalue weighted by Crippen LogP contribution is -2.30. The van der Waals surface area contributed by atoms with Crippen molar-refractivity contribution in [3.63, 3.8) is 0 Å². The molecule has 33 heavy (non-hydrogen) atoms. The molecule has 1 N–H and O–H groups in total. The molecule has 0 radical (unpaired) electrons. The largest absolute Gasteiger partial charge is 0.455 e. The molecular formula is C22H22N4O6S. The van der Waals surface area contributed by atoms with Crippen LogP contribution in [0.1, 0.15) is 30.0 Å². The van der Waals surface area contributed by atoms with Crippen LogP contribution < -0.4 is 5.43 Å². The Bertz CT molecular complexity index is 1280. The van der Waals surface area contributed by atoms with E-state index in [2.05, 4.69) is 10.5 Å². The first-order chi connectivity index (χ1) is 15.8. The fraction of sp³-hybridized carbons (Fsp3) is 0.182. The summed E-state index contributed by atoms with van der Waals surface area (Å²) in [6, 6.07) is 14.9. The number of nitro benzene ring substituents is 1. The fourth-order valence-corrected chi connectivity index (χ4v) is 4.56. The van der Waals surface area contributed by atoms with Crippen LogP contribution in [0.3, 0.4) is 0 Å². The number of hydrogen-bond acceptors (Lipinski definition) is 7. The van der Waals surface area contributed by atoms with E-state index < -0.39 is 20.9 Å². The smallest absolute Gasteiger partial charge is 0.271 e. The van der Waals surface area contributed by atoms with Gasteiger partial charge in [-0.15, -0.1) is 0 Å². The van der Waals surface area contributed by atoms with E-state index in [1.54, 1.807) is 38.1 Å². The zero-order valence-corrected chi connectivity index (χ0v) is 18.8. The minimum absolute atomic E-state index is 0.0243. The SMILES string of the molecule is CCN(CC)S(=O)(=O)c1cccc(C(=O)N/N=C\c2ccc(-c3ccc([N+](=O)[O-])cc3)o2)c1. The summed E-state index contributed by atoms with van der Waals surface area (Å²) in [5.74, 6) is 0.249. The standard InChI is InChI=1S/C22H22N4O6S/c1-3-25(4-2)33(30,31)20-7-5-6-17(14-20)22(27)24-23-15-19-12-13-21(32-19)16-8-10-18(11-9-16)26(28)29/h5-15H,3-4H2,1-2H3,(H,24,27)/b23-15-. The van der Waals surface area contributed by atoms with Crippen LogP contribution in [0.2, 0.25) is 0 Å². The first kappa shape index (κ1) is 23.8. The lowest BCUT2D eigenvalue weighted by Gasteiger charge is -2.18. The van der Waals surface area contributed by atoms with Crippen molar-refractivity contribution in [1.29, 1.82) is 0 Å². The Morgan fingerprint density at radius 3 is 2.45 bits per heavy atom. The van der Waals surface area contributed by atoms with E-state index in [4.69, 9.17) is 4.42 Å². The van der Waals surface area contributed by atoms with Crippen LogP contribution in [0.5, 0.6) is 0 Å². The monoisotopic (exact) mass is 470 g/mol. The number of hydrazone groups is 1. The summed E-state index contributed by atoms with van der Waals surface area (Å²) in [6.07, 6.45) is 1.29. The first-order valence-electron chi connectivity index (χ1n) is 10.0. The minimum Gasteiger partial charge on any atom is -0.455 e. The number of carbonyl (C=O) groups is 1. The number of nitro groups is 1. The second-order valence-corrected chi connectivity index (χ2v) is 8.76. The predicted molar refractivity (Wildman–Crippen MR) is 122 cm³/mol. The summed E-state index contributed by atoms with van der Waals surface area (Å²) in [6.45, 7) is 4.14. The summed E-state index contributed by atoms with van der Waals surface area (Å²) in [7, 11) is -3.69. The molecule has 0 aliphatic rings. The molecule has 0 fully saturated rings. The average molecular weight is 471 g/mol. The summed E-state index contributed by atoms with van der Waals surface area (Å²) < 4.78 is 32.2. The molecular weight excluding hydrogens is 448 g/mol. The molecule has 10 nitrogen and oxygen atoms in total. The van der Waals surface area contributed by atoms with Gasteiger partial charge in [0.05, 0.1) is 16.0 Å². The average Bonchev–Trinajstić information content (AvgIpc) is 3.28. The maximum absolute atomic E-state index is 12.7. The molecule has 172 valence electrons. The van der Waals surface area contributed by atoms with Crippen molar-refractivity contribution in [1.82, 2.24) is 9.73 Å². The van der Waals surface area contributed by atoms with Crippen molar-refractivity contribution < 1.29 is 22.6 Å². The maximum Gasteiger partial charge on any atom is 0.271 e. The molecule has 3 aromatic rings. The number of benzene rings is 2. The molecule has 0 saturated carbocycles. The molecule has 2 aromatic carbocycles. The molecule has 0 bridgehead atoms. The molecule has 3 rings (SSSR count). The number of furan rings is 1. The lowest BCUT2D eigenvalue weighted by atomic mass is 10.1. The van der Waals surface area contributed by atoms with Gasteiger partial charge in [-0.05, 0) is 42.5 Å². The van der Waals surface area contributed by atoms with Gasteiger partial charge in [0.25, 0.3) is 11.6 Å². The number of sulfonamides is 1. The van der Waals surface area contributed by atoms with Crippen LogP contribution in [0.25, 0.3) is 11.3 Å². The molecule has 1 aromatic heterocycles. The Labute approximate surface area is 190 Å². The summed E-state index contributed by atoms with van der Waals surface area (Å²) in [4.78, 5) is 22.7. The van der Waals surface area contributed by atoms with Crippen molar-refractivity contribution in [3.8, 4) is 11.3 Å². The summed E-state index contributed by atoms with van der Waals surface area (Å²) >= 11 is 0. The second-order valence-electron chi connectivity index (χ2n) is 6.82. The van der Waals surface area contributed by atoms with Crippen molar-refractivity contribution in [2.24, 2.45) is 5.10 Å². The number of nitrogens with zero attached hydrogens (tertiary/aromatic N) is 3. The number of nitrogens with one attached hydrogen (secondary N) is 1. The quantitative estimate of drug-likeness (QED) is 0.288. The first-order valence-corrected chi connectivity index (χ1v) is 11.5. The third kappa shape index (κ3) is 5.51. The van der Waals surface area contributed by atoms with Crippen LogP contribution in [0, 0.1) is 10.1 Å². The molecule has 1 heterocycles. The Kier molecular flexibility index (Phi) is 7.36. The van der Waals surface area contributed by atoms with Gasteiger partial charge in [-0.1, -0.05) is 19.9 Å². The summed E-state index contributed by atoms with van der Waals surface area (Å²) in [5.41, 5.74) is 3.11. The van der Waals surface area contributed by atoms with Crippen LogP contribution >= 0.6 is 0 Å². The van der Waals surface area contributed by atoms with Crippen molar-refractivity contribution in [3.05, 3.63) is 82.1 Å². The van der Waals surface area contributed by atoms with Gasteiger partial charge in [0.2, 0.25) is 10.0 Å². The third-order valence-electron chi connectivity index (χ3n) is 4.79. The van der Waals surface area contributed by atoms with Crippen LogP contribution in [-0.4, -0.2) is 42.9 Å². The van der Waals surface area contributed by atoms with Gasteiger partial charge in [-0.2, -0.15) is 9.41 Å². The van der Waals surface area contributed by atoms with Crippen molar-refractivity contribution in [2.45, 2.75) is 18.7 Å². The Morgan fingerprint density at radius 2 is 1.82 bits per heavy atom. The highest BCUT2D eigenvalue weighted by Gasteiger charge is 2.22. The topological polar surface area (TPSA) is 135 Å². The molecule has 1 amide bonds. The Hall–Kier alpha value is -3.83. The fourth-order valence-electron chi connectivity index (χ4n) is 3.05.